The van der Waals surface area contributed by atoms with Gasteiger partial charge in [0.2, 0.25) is 0 Å². The van der Waals surface area contributed by atoms with Crippen LogP contribution in [0.15, 0.2) is 42.6 Å². The zero-order chi connectivity index (χ0) is 18.3. The molecule has 0 saturated heterocycles. The highest BCUT2D eigenvalue weighted by Gasteiger charge is 2.37. The van der Waals surface area contributed by atoms with Crippen molar-refractivity contribution in [2.24, 2.45) is 0 Å². The molecule has 0 N–H and O–H groups in total. The van der Waals surface area contributed by atoms with Crippen LogP contribution in [0.4, 0.5) is 0 Å². The molecule has 0 fully saturated rings. The second-order valence-electron chi connectivity index (χ2n) is 9.68. The van der Waals surface area contributed by atoms with Crippen LogP contribution in [0.2, 0.25) is 19.6 Å². The van der Waals surface area contributed by atoms with Crippen molar-refractivity contribution in [2.45, 2.75) is 71.5 Å². The maximum absolute atomic E-state index is 2.48. The first kappa shape index (κ1) is 19.5. The molecule has 3 heteroatoms. The first-order valence-electron chi connectivity index (χ1n) is 8.91. The maximum Gasteiger partial charge on any atom is 0.0803 e. The molecule has 2 aromatic rings. The van der Waals surface area contributed by atoms with Crippen molar-refractivity contribution in [1.29, 1.82) is 0 Å². The minimum Gasteiger partial charge on any atom is -0.317 e. The Kier molecular flexibility index (Phi) is 5.24. The first-order chi connectivity index (χ1) is 10.8. The summed E-state index contributed by atoms with van der Waals surface area (Å²) in [7, 11) is -1.71. The Balaban J connectivity index is 2.69. The number of hydrogen-bond acceptors (Lipinski definition) is 0. The molecule has 24 heavy (non-hydrogen) atoms. The number of rotatable bonds is 3. The van der Waals surface area contributed by atoms with Crippen LogP contribution in [-0.2, 0) is 0 Å². The van der Waals surface area contributed by atoms with Crippen molar-refractivity contribution < 1.29 is 0 Å². The van der Waals surface area contributed by atoms with Gasteiger partial charge in [-0.1, -0.05) is 79.4 Å². The summed E-state index contributed by atoms with van der Waals surface area (Å²) in [5, 5.41) is 2.09. The third kappa shape index (κ3) is 4.03. The monoisotopic (exact) mass is 359 g/mol. The Morgan fingerprint density at radius 1 is 0.792 bits per heavy atom. The Labute approximate surface area is 151 Å². The van der Waals surface area contributed by atoms with Crippen LogP contribution in [0.1, 0.15) is 41.5 Å². The fourth-order valence-electron chi connectivity index (χ4n) is 3.77. The maximum atomic E-state index is 2.48. The second-order valence-corrected chi connectivity index (χ2v) is 18.5. The predicted octanol–water partition coefficient (Wildman–Crippen LogP) is 5.73. The van der Waals surface area contributed by atoms with Crippen molar-refractivity contribution in [3.63, 3.8) is 0 Å². The van der Waals surface area contributed by atoms with E-state index in [-0.39, 0.29) is 18.2 Å². The van der Waals surface area contributed by atoms with Crippen LogP contribution >= 0.6 is 7.92 Å². The van der Waals surface area contributed by atoms with Crippen molar-refractivity contribution >= 4 is 26.6 Å². The molecule has 0 saturated carbocycles. The molecule has 0 aliphatic heterocycles. The normalized spacial score (nSPS) is 13.6. The van der Waals surface area contributed by atoms with Crippen LogP contribution in [-0.4, -0.2) is 23.0 Å². The average molecular weight is 360 g/mol. The SMILES string of the molecule is CC(C)(C)P(c1cccn1-c1ccccc1[Si](C)(C)C)C(C)(C)C. The van der Waals surface area contributed by atoms with Crippen molar-refractivity contribution in [3.8, 4) is 5.69 Å². The zero-order valence-corrected chi connectivity index (χ0v) is 18.8. The van der Waals surface area contributed by atoms with Crippen molar-refractivity contribution in [1.82, 2.24) is 4.57 Å². The molecule has 1 aromatic carbocycles. The van der Waals surface area contributed by atoms with E-state index < -0.39 is 8.07 Å². The lowest BCUT2D eigenvalue weighted by atomic mass is 10.2. The third-order valence-electron chi connectivity index (χ3n) is 4.27. The Hall–Kier alpha value is -0.853. The summed E-state index contributed by atoms with van der Waals surface area (Å²) in [6.45, 7) is 21.7. The molecular formula is C21H34NPSi. The Morgan fingerprint density at radius 3 is 1.83 bits per heavy atom. The van der Waals surface area contributed by atoms with Gasteiger partial charge in [0.15, 0.2) is 0 Å². The standard InChI is InChI=1S/C21H34NPSi/c1-20(2,3)23(21(4,5)6)19-15-12-16-22(19)17-13-10-11-14-18(17)24(7,8)9/h10-16H,1-9H3. The van der Waals surface area contributed by atoms with Gasteiger partial charge in [0.25, 0.3) is 0 Å². The minimum absolute atomic E-state index is 0.276. The van der Waals surface area contributed by atoms with Crippen molar-refractivity contribution in [2.75, 3.05) is 0 Å². The van der Waals surface area contributed by atoms with Gasteiger partial charge in [-0.05, 0) is 41.6 Å². The average Bonchev–Trinajstić information content (AvgIpc) is 2.82. The van der Waals surface area contributed by atoms with E-state index in [4.69, 9.17) is 0 Å². The largest absolute Gasteiger partial charge is 0.317 e. The van der Waals surface area contributed by atoms with Gasteiger partial charge in [0.05, 0.1) is 8.07 Å². The highest BCUT2D eigenvalue weighted by molar-refractivity contribution is 7.68. The summed E-state index contributed by atoms with van der Waals surface area (Å²) >= 11 is 0. The van der Waals surface area contributed by atoms with E-state index in [1.165, 1.54) is 11.1 Å². The van der Waals surface area contributed by atoms with Gasteiger partial charge >= 0.3 is 0 Å². The van der Waals surface area contributed by atoms with Crippen LogP contribution in [0.5, 0.6) is 0 Å². The van der Waals surface area contributed by atoms with E-state index in [2.05, 4.69) is 108 Å². The smallest absolute Gasteiger partial charge is 0.0803 e. The van der Waals surface area contributed by atoms with E-state index in [0.717, 1.165) is 0 Å². The number of aromatic nitrogens is 1. The summed E-state index contributed by atoms with van der Waals surface area (Å²) in [5.41, 5.74) is 2.88. The summed E-state index contributed by atoms with van der Waals surface area (Å²) in [4.78, 5) is 0. The highest BCUT2D eigenvalue weighted by atomic mass is 31.1. The molecule has 2 rings (SSSR count). The molecule has 0 spiro atoms. The minimum atomic E-state index is -1.40. The topological polar surface area (TPSA) is 4.93 Å². The van der Waals surface area contributed by atoms with Gasteiger partial charge in [0.1, 0.15) is 0 Å². The lowest BCUT2D eigenvalue weighted by Crippen LogP contribution is -2.42. The Morgan fingerprint density at radius 2 is 1.33 bits per heavy atom. The summed E-state index contributed by atoms with van der Waals surface area (Å²) in [5.74, 6) is 0. The van der Waals surface area contributed by atoms with Crippen molar-refractivity contribution in [3.05, 3.63) is 42.6 Å². The summed E-state index contributed by atoms with van der Waals surface area (Å²) < 4.78 is 2.48. The van der Waals surface area contributed by atoms with Gasteiger partial charge in [0, 0.05) is 17.3 Å². The molecule has 0 aliphatic rings. The molecule has 0 amide bonds. The lowest BCUT2D eigenvalue weighted by Gasteiger charge is -2.42. The van der Waals surface area contributed by atoms with Gasteiger partial charge in [-0.3, -0.25) is 0 Å². The molecule has 1 nitrogen and oxygen atoms in total. The highest BCUT2D eigenvalue weighted by Crippen LogP contribution is 2.58. The molecule has 0 atom stereocenters. The van der Waals surface area contributed by atoms with Gasteiger partial charge in [-0.25, -0.2) is 0 Å². The zero-order valence-electron chi connectivity index (χ0n) is 16.9. The quantitative estimate of drug-likeness (QED) is 0.487. The molecule has 1 aromatic heterocycles. The second kappa shape index (κ2) is 6.46. The fraction of sp³-hybridized carbons (Fsp3) is 0.524. The first-order valence-corrected chi connectivity index (χ1v) is 13.8. The number of benzene rings is 1. The third-order valence-corrected chi connectivity index (χ3v) is 9.81. The van der Waals surface area contributed by atoms with Crippen LogP contribution < -0.4 is 10.6 Å². The molecule has 0 aliphatic carbocycles. The lowest BCUT2D eigenvalue weighted by molar-refractivity contribution is 0.713. The molecule has 0 bridgehead atoms. The summed E-state index contributed by atoms with van der Waals surface area (Å²) in [6, 6.07) is 13.6. The van der Waals surface area contributed by atoms with Crippen LogP contribution in [0, 0.1) is 0 Å². The number of hydrogen-bond donors (Lipinski definition) is 0. The molecule has 0 radical (unpaired) electrons. The molecular weight excluding hydrogens is 325 g/mol. The predicted molar refractivity (Wildman–Crippen MR) is 115 cm³/mol. The van der Waals surface area contributed by atoms with Gasteiger partial charge < -0.3 is 4.57 Å². The van der Waals surface area contributed by atoms with E-state index in [1.54, 1.807) is 5.19 Å². The molecule has 0 unspecified atom stereocenters. The summed E-state index contributed by atoms with van der Waals surface area (Å²) in [6.07, 6.45) is 2.26. The van der Waals surface area contributed by atoms with E-state index in [9.17, 15) is 0 Å². The molecule has 1 heterocycles. The van der Waals surface area contributed by atoms with Gasteiger partial charge in [-0.2, -0.15) is 0 Å². The van der Waals surface area contributed by atoms with Crippen LogP contribution in [0.25, 0.3) is 5.69 Å². The number of para-hydroxylation sites is 1. The van der Waals surface area contributed by atoms with E-state index in [0.29, 0.717) is 0 Å². The molecule has 132 valence electrons. The Bertz CT molecular complexity index is 682. The van der Waals surface area contributed by atoms with Crippen LogP contribution in [0.3, 0.4) is 0 Å². The number of nitrogens with zero attached hydrogens (tertiary/aromatic N) is 1. The van der Waals surface area contributed by atoms with E-state index in [1.807, 2.05) is 0 Å². The fourth-order valence-corrected chi connectivity index (χ4v) is 9.35. The van der Waals surface area contributed by atoms with E-state index >= 15 is 0 Å². The van der Waals surface area contributed by atoms with Gasteiger partial charge in [-0.15, -0.1) is 0 Å².